The average Bonchev–Trinajstić information content (AvgIpc) is 3.63. The molecule has 9 nitrogen and oxygen atoms in total. The molecule has 2 aromatic heterocycles. The molecule has 0 radical (unpaired) electrons. The number of fused-ring (bicyclic) bond motifs is 1. The Bertz CT molecular complexity index is 1260. The lowest BCUT2D eigenvalue weighted by Gasteiger charge is -2.25. The van der Waals surface area contributed by atoms with Crippen LogP contribution in [0.4, 0.5) is 11.6 Å². The summed E-state index contributed by atoms with van der Waals surface area (Å²) >= 11 is 0. The number of nitrogens with one attached hydrogen (secondary N) is 3. The second-order valence-corrected chi connectivity index (χ2v) is 10.6. The number of carbonyl (C=O) groups excluding carboxylic acids is 1. The molecule has 0 spiro atoms. The van der Waals surface area contributed by atoms with Crippen LogP contribution in [0.25, 0.3) is 16.8 Å². The van der Waals surface area contributed by atoms with Gasteiger partial charge >= 0.3 is 0 Å². The van der Waals surface area contributed by atoms with Crippen LogP contribution in [0, 0.1) is 12.8 Å². The van der Waals surface area contributed by atoms with E-state index in [4.69, 9.17) is 19.6 Å². The summed E-state index contributed by atoms with van der Waals surface area (Å²) in [6, 6.07) is 8.60. The number of aromatic nitrogens is 3. The van der Waals surface area contributed by atoms with E-state index in [9.17, 15) is 4.79 Å². The van der Waals surface area contributed by atoms with Crippen molar-refractivity contribution >= 4 is 23.2 Å². The molecule has 2 saturated heterocycles. The van der Waals surface area contributed by atoms with Crippen molar-refractivity contribution in [2.24, 2.45) is 5.92 Å². The molecule has 3 fully saturated rings. The summed E-state index contributed by atoms with van der Waals surface area (Å²) in [5.74, 6) is 2.31. The molecule has 3 aromatic rings. The molecule has 1 amide bonds. The van der Waals surface area contributed by atoms with Crippen LogP contribution in [0.1, 0.15) is 54.4 Å². The first-order valence-electron chi connectivity index (χ1n) is 13.6. The molecule has 2 aliphatic heterocycles. The molecule has 4 heterocycles. The molecule has 1 aromatic carbocycles. The minimum absolute atomic E-state index is 0.00493. The number of hydrogen-bond donors (Lipinski definition) is 3. The highest BCUT2D eigenvalue weighted by atomic mass is 16.5. The summed E-state index contributed by atoms with van der Waals surface area (Å²) in [5.41, 5.74) is 4.39. The lowest BCUT2D eigenvalue weighted by atomic mass is 10.0. The molecule has 1 atom stereocenters. The Morgan fingerprint density at radius 2 is 1.92 bits per heavy atom. The minimum atomic E-state index is 0.00493. The third-order valence-electron chi connectivity index (χ3n) is 7.59. The van der Waals surface area contributed by atoms with Gasteiger partial charge in [0.1, 0.15) is 11.6 Å². The predicted octanol–water partition coefficient (Wildman–Crippen LogP) is 4.03. The Morgan fingerprint density at radius 1 is 1.05 bits per heavy atom. The Labute approximate surface area is 217 Å². The van der Waals surface area contributed by atoms with E-state index in [0.29, 0.717) is 18.6 Å². The monoisotopic (exact) mass is 504 g/mol. The molecular formula is C28H36N6O3. The number of amides is 1. The summed E-state index contributed by atoms with van der Waals surface area (Å²) in [4.78, 5) is 17.6. The second kappa shape index (κ2) is 10.7. The Morgan fingerprint density at radius 3 is 2.68 bits per heavy atom. The summed E-state index contributed by atoms with van der Waals surface area (Å²) in [6.45, 7) is 6.02. The zero-order valence-electron chi connectivity index (χ0n) is 21.5. The number of anilines is 2. The zero-order valence-corrected chi connectivity index (χ0v) is 21.5. The first-order chi connectivity index (χ1) is 18.1. The Hall–Kier alpha value is -3.17. The van der Waals surface area contributed by atoms with Gasteiger partial charge in [0, 0.05) is 49.6 Å². The van der Waals surface area contributed by atoms with Crippen LogP contribution in [-0.4, -0.2) is 65.6 Å². The van der Waals surface area contributed by atoms with Crippen molar-refractivity contribution in [1.29, 1.82) is 0 Å². The minimum Gasteiger partial charge on any atom is -0.381 e. The fourth-order valence-electron chi connectivity index (χ4n) is 5.21. The van der Waals surface area contributed by atoms with Gasteiger partial charge in [0.15, 0.2) is 5.65 Å². The SMILES string of the molecule is Cc1cc(-c2cnn3c(NCC4CCOCC4)cc(N[C@H]4CCCOC4)nc23)ccc1C(=O)NC1CC1. The van der Waals surface area contributed by atoms with Gasteiger partial charge < -0.3 is 25.4 Å². The van der Waals surface area contributed by atoms with Gasteiger partial charge in [-0.05, 0) is 68.6 Å². The van der Waals surface area contributed by atoms with E-state index in [1.54, 1.807) is 0 Å². The fourth-order valence-corrected chi connectivity index (χ4v) is 5.21. The van der Waals surface area contributed by atoms with E-state index in [1.165, 1.54) is 0 Å². The van der Waals surface area contributed by atoms with E-state index >= 15 is 0 Å². The summed E-state index contributed by atoms with van der Waals surface area (Å²) in [5, 5.41) is 15.0. The van der Waals surface area contributed by atoms with Gasteiger partial charge in [0.2, 0.25) is 0 Å². The van der Waals surface area contributed by atoms with Crippen LogP contribution in [0.15, 0.2) is 30.5 Å². The highest BCUT2D eigenvalue weighted by molar-refractivity contribution is 5.97. The van der Waals surface area contributed by atoms with Crippen molar-refractivity contribution < 1.29 is 14.3 Å². The van der Waals surface area contributed by atoms with Gasteiger partial charge in [-0.2, -0.15) is 9.61 Å². The van der Waals surface area contributed by atoms with Crippen molar-refractivity contribution in [3.8, 4) is 11.1 Å². The van der Waals surface area contributed by atoms with Gasteiger partial charge in [-0.1, -0.05) is 12.1 Å². The van der Waals surface area contributed by atoms with Crippen LogP contribution in [0.3, 0.4) is 0 Å². The average molecular weight is 505 g/mol. The van der Waals surface area contributed by atoms with Crippen molar-refractivity contribution in [3.63, 3.8) is 0 Å². The van der Waals surface area contributed by atoms with Crippen LogP contribution >= 0.6 is 0 Å². The van der Waals surface area contributed by atoms with Gasteiger partial charge in [-0.25, -0.2) is 4.98 Å². The first kappa shape index (κ1) is 24.2. The van der Waals surface area contributed by atoms with Gasteiger partial charge in [-0.3, -0.25) is 4.79 Å². The van der Waals surface area contributed by atoms with Gasteiger partial charge in [0.05, 0.1) is 18.8 Å². The number of benzene rings is 1. The van der Waals surface area contributed by atoms with Crippen molar-refractivity contribution in [2.75, 3.05) is 43.6 Å². The van der Waals surface area contributed by atoms with E-state index in [0.717, 1.165) is 104 Å². The Kier molecular flexibility index (Phi) is 6.97. The largest absolute Gasteiger partial charge is 0.381 e. The highest BCUT2D eigenvalue weighted by Gasteiger charge is 2.25. The third-order valence-corrected chi connectivity index (χ3v) is 7.59. The number of ether oxygens (including phenoxy) is 2. The van der Waals surface area contributed by atoms with Crippen molar-refractivity contribution in [3.05, 3.63) is 41.6 Å². The first-order valence-corrected chi connectivity index (χ1v) is 13.6. The Balaban J connectivity index is 1.31. The molecule has 9 heteroatoms. The molecular weight excluding hydrogens is 468 g/mol. The van der Waals surface area contributed by atoms with Crippen LogP contribution in [0.2, 0.25) is 0 Å². The highest BCUT2D eigenvalue weighted by Crippen LogP contribution is 2.30. The van der Waals surface area contributed by atoms with Crippen molar-refractivity contribution in [2.45, 2.75) is 57.5 Å². The molecule has 0 bridgehead atoms. The van der Waals surface area contributed by atoms with Gasteiger partial charge in [0.25, 0.3) is 5.91 Å². The second-order valence-electron chi connectivity index (χ2n) is 10.6. The number of rotatable bonds is 8. The smallest absolute Gasteiger partial charge is 0.251 e. The third kappa shape index (κ3) is 5.57. The van der Waals surface area contributed by atoms with Crippen LogP contribution in [-0.2, 0) is 9.47 Å². The topological polar surface area (TPSA) is 102 Å². The summed E-state index contributed by atoms with van der Waals surface area (Å²) in [7, 11) is 0. The maximum Gasteiger partial charge on any atom is 0.251 e. The molecule has 1 saturated carbocycles. The predicted molar refractivity (Wildman–Crippen MR) is 143 cm³/mol. The van der Waals surface area contributed by atoms with Crippen molar-refractivity contribution in [1.82, 2.24) is 19.9 Å². The normalized spacial score (nSPS) is 20.6. The summed E-state index contributed by atoms with van der Waals surface area (Å²) < 4.78 is 13.1. The lowest BCUT2D eigenvalue weighted by Crippen LogP contribution is -2.30. The number of aryl methyl sites for hydroxylation is 1. The molecule has 3 N–H and O–H groups in total. The van der Waals surface area contributed by atoms with E-state index < -0.39 is 0 Å². The maximum absolute atomic E-state index is 12.6. The fraction of sp³-hybridized carbons (Fsp3) is 0.536. The van der Waals surface area contributed by atoms with Crippen LogP contribution < -0.4 is 16.0 Å². The zero-order chi connectivity index (χ0) is 25.2. The quantitative estimate of drug-likeness (QED) is 0.426. The number of carbonyl (C=O) groups is 1. The molecule has 0 unspecified atom stereocenters. The van der Waals surface area contributed by atoms with Crippen LogP contribution in [0.5, 0.6) is 0 Å². The molecule has 196 valence electrons. The van der Waals surface area contributed by atoms with Gasteiger partial charge in [-0.15, -0.1) is 0 Å². The maximum atomic E-state index is 12.6. The van der Waals surface area contributed by atoms with E-state index in [-0.39, 0.29) is 11.9 Å². The van der Waals surface area contributed by atoms with E-state index in [2.05, 4.69) is 22.0 Å². The molecule has 37 heavy (non-hydrogen) atoms. The lowest BCUT2D eigenvalue weighted by molar-refractivity contribution is 0.0699. The van der Waals surface area contributed by atoms with E-state index in [1.807, 2.05) is 35.8 Å². The summed E-state index contributed by atoms with van der Waals surface area (Å²) in [6.07, 6.45) is 8.26. The number of hydrogen-bond acceptors (Lipinski definition) is 7. The molecule has 3 aliphatic rings. The molecule has 1 aliphatic carbocycles. The molecule has 6 rings (SSSR count). The number of nitrogens with zero attached hydrogens (tertiary/aromatic N) is 3. The standard InChI is InChI=1S/C28H36N6O3/c1-18-13-20(4-7-23(18)28(35)32-21-5-6-21)24-16-30-34-26(29-15-19-8-11-36-12-9-19)14-25(33-27(24)34)31-22-3-2-10-37-17-22/h4,7,13-14,16,19,21-22,29H,2-3,5-6,8-12,15,17H2,1H3,(H,31,33)(H,32,35)/t22-/m0/s1.